The van der Waals surface area contributed by atoms with Crippen LogP contribution in [0.5, 0.6) is 17.2 Å². The van der Waals surface area contributed by atoms with E-state index in [1.54, 1.807) is 39.7 Å². The van der Waals surface area contributed by atoms with E-state index in [4.69, 9.17) is 14.2 Å². The van der Waals surface area contributed by atoms with Gasteiger partial charge < -0.3 is 24.8 Å². The van der Waals surface area contributed by atoms with Gasteiger partial charge in [-0.15, -0.1) is 0 Å². The first-order chi connectivity index (χ1) is 13.2. The maximum atomic E-state index is 5.37. The molecule has 140 valence electrons. The number of anilines is 3. The van der Waals surface area contributed by atoms with Gasteiger partial charge in [-0.2, -0.15) is 4.98 Å². The van der Waals surface area contributed by atoms with Gasteiger partial charge in [-0.1, -0.05) is 30.3 Å². The zero-order chi connectivity index (χ0) is 19.1. The third kappa shape index (κ3) is 4.58. The molecular formula is C20H22N4O3. The Labute approximate surface area is 158 Å². The number of hydrogen-bond acceptors (Lipinski definition) is 7. The molecule has 0 saturated heterocycles. The van der Waals surface area contributed by atoms with Crippen LogP contribution in [0.4, 0.5) is 17.5 Å². The van der Waals surface area contributed by atoms with Crippen molar-refractivity contribution in [1.82, 2.24) is 9.97 Å². The van der Waals surface area contributed by atoms with E-state index in [2.05, 4.69) is 32.7 Å². The number of nitrogens with zero attached hydrogens (tertiary/aromatic N) is 2. The van der Waals surface area contributed by atoms with Crippen LogP contribution in [-0.2, 0) is 6.54 Å². The molecule has 0 radical (unpaired) electrons. The lowest BCUT2D eigenvalue weighted by Crippen LogP contribution is -2.04. The number of ether oxygens (including phenoxy) is 3. The minimum Gasteiger partial charge on any atom is -0.493 e. The zero-order valence-electron chi connectivity index (χ0n) is 15.5. The molecule has 2 N–H and O–H groups in total. The topological polar surface area (TPSA) is 77.5 Å². The molecule has 0 saturated carbocycles. The molecule has 0 atom stereocenters. The lowest BCUT2D eigenvalue weighted by atomic mass is 10.2. The highest BCUT2D eigenvalue weighted by atomic mass is 16.5. The molecule has 1 heterocycles. The van der Waals surface area contributed by atoms with E-state index in [0.29, 0.717) is 29.7 Å². The molecule has 27 heavy (non-hydrogen) atoms. The van der Waals surface area contributed by atoms with Crippen molar-refractivity contribution in [1.29, 1.82) is 0 Å². The van der Waals surface area contributed by atoms with Crippen molar-refractivity contribution < 1.29 is 14.2 Å². The average molecular weight is 366 g/mol. The molecule has 0 unspecified atom stereocenters. The molecule has 7 heteroatoms. The van der Waals surface area contributed by atoms with Crippen LogP contribution in [0.3, 0.4) is 0 Å². The largest absolute Gasteiger partial charge is 0.493 e. The minimum absolute atomic E-state index is 0.460. The highest BCUT2D eigenvalue weighted by Crippen LogP contribution is 2.40. The summed E-state index contributed by atoms with van der Waals surface area (Å²) >= 11 is 0. The van der Waals surface area contributed by atoms with Crippen LogP contribution in [0.1, 0.15) is 5.56 Å². The summed E-state index contributed by atoms with van der Waals surface area (Å²) in [5.74, 6) is 2.83. The molecule has 2 aromatic carbocycles. The summed E-state index contributed by atoms with van der Waals surface area (Å²) in [6, 6.07) is 15.6. The SMILES string of the molecule is COc1cc(Nc2nccc(NCc3ccccc3)n2)cc(OC)c1OC. The maximum absolute atomic E-state index is 5.37. The van der Waals surface area contributed by atoms with Gasteiger partial charge in [0.15, 0.2) is 11.5 Å². The Balaban J connectivity index is 1.76. The zero-order valence-corrected chi connectivity index (χ0v) is 15.5. The molecular weight excluding hydrogens is 344 g/mol. The van der Waals surface area contributed by atoms with Crippen molar-refractivity contribution in [2.24, 2.45) is 0 Å². The fraction of sp³-hybridized carbons (Fsp3) is 0.200. The van der Waals surface area contributed by atoms with E-state index in [1.165, 1.54) is 5.56 Å². The third-order valence-electron chi connectivity index (χ3n) is 3.89. The molecule has 1 aromatic heterocycles. The van der Waals surface area contributed by atoms with Gasteiger partial charge >= 0.3 is 0 Å². The second kappa shape index (κ2) is 8.75. The van der Waals surface area contributed by atoms with Gasteiger partial charge in [0.05, 0.1) is 21.3 Å². The van der Waals surface area contributed by atoms with Crippen LogP contribution in [0.15, 0.2) is 54.7 Å². The van der Waals surface area contributed by atoms with Crippen LogP contribution < -0.4 is 24.8 Å². The summed E-state index contributed by atoms with van der Waals surface area (Å²) in [5.41, 5.74) is 1.90. The standard InChI is InChI=1S/C20H22N4O3/c1-25-16-11-15(12-17(26-2)19(16)27-3)23-20-21-10-9-18(24-20)22-13-14-7-5-4-6-8-14/h4-12H,13H2,1-3H3,(H2,21,22,23,24). The van der Waals surface area contributed by atoms with Gasteiger partial charge in [0.1, 0.15) is 5.82 Å². The number of benzene rings is 2. The molecule has 0 aliphatic carbocycles. The monoisotopic (exact) mass is 366 g/mol. The number of aromatic nitrogens is 2. The quantitative estimate of drug-likeness (QED) is 0.627. The van der Waals surface area contributed by atoms with Crippen molar-refractivity contribution in [3.63, 3.8) is 0 Å². The van der Waals surface area contributed by atoms with Crippen LogP contribution in [0, 0.1) is 0 Å². The molecule has 0 aliphatic rings. The van der Waals surface area contributed by atoms with E-state index in [1.807, 2.05) is 24.3 Å². The fourth-order valence-electron chi connectivity index (χ4n) is 2.59. The first-order valence-electron chi connectivity index (χ1n) is 8.41. The number of methoxy groups -OCH3 is 3. The number of nitrogens with one attached hydrogen (secondary N) is 2. The minimum atomic E-state index is 0.460. The second-order valence-electron chi connectivity index (χ2n) is 5.64. The Morgan fingerprint density at radius 2 is 1.59 bits per heavy atom. The lowest BCUT2D eigenvalue weighted by Gasteiger charge is -2.15. The van der Waals surface area contributed by atoms with E-state index in [9.17, 15) is 0 Å². The molecule has 0 amide bonds. The Hall–Kier alpha value is -3.48. The Morgan fingerprint density at radius 1 is 0.889 bits per heavy atom. The maximum Gasteiger partial charge on any atom is 0.229 e. The number of hydrogen-bond donors (Lipinski definition) is 2. The summed E-state index contributed by atoms with van der Waals surface area (Å²) in [5, 5.41) is 6.46. The predicted molar refractivity (Wildman–Crippen MR) is 105 cm³/mol. The van der Waals surface area contributed by atoms with E-state index in [-0.39, 0.29) is 0 Å². The summed E-state index contributed by atoms with van der Waals surface area (Å²) in [6.45, 7) is 0.682. The fourth-order valence-corrected chi connectivity index (χ4v) is 2.59. The molecule has 7 nitrogen and oxygen atoms in total. The average Bonchev–Trinajstić information content (AvgIpc) is 2.72. The normalized spacial score (nSPS) is 10.2. The Bertz CT molecular complexity index is 862. The lowest BCUT2D eigenvalue weighted by molar-refractivity contribution is 0.324. The van der Waals surface area contributed by atoms with E-state index in [0.717, 1.165) is 11.5 Å². The van der Waals surface area contributed by atoms with Crippen LogP contribution >= 0.6 is 0 Å². The van der Waals surface area contributed by atoms with Gasteiger partial charge in [0, 0.05) is 30.6 Å². The summed E-state index contributed by atoms with van der Waals surface area (Å²) < 4.78 is 16.1. The van der Waals surface area contributed by atoms with Gasteiger partial charge in [-0.3, -0.25) is 0 Å². The van der Waals surface area contributed by atoms with Crippen LogP contribution in [0.2, 0.25) is 0 Å². The molecule has 0 fully saturated rings. The molecule has 0 spiro atoms. The van der Waals surface area contributed by atoms with Gasteiger partial charge in [0.2, 0.25) is 11.7 Å². The van der Waals surface area contributed by atoms with Gasteiger partial charge in [0.25, 0.3) is 0 Å². The van der Waals surface area contributed by atoms with Crippen molar-refractivity contribution in [2.45, 2.75) is 6.54 Å². The molecule has 0 aliphatic heterocycles. The van der Waals surface area contributed by atoms with Crippen LogP contribution in [0.25, 0.3) is 0 Å². The summed E-state index contributed by atoms with van der Waals surface area (Å²) in [4.78, 5) is 8.76. The van der Waals surface area contributed by atoms with Crippen LogP contribution in [-0.4, -0.2) is 31.3 Å². The van der Waals surface area contributed by atoms with Gasteiger partial charge in [-0.05, 0) is 11.6 Å². The highest BCUT2D eigenvalue weighted by molar-refractivity contribution is 5.66. The number of rotatable bonds is 8. The molecule has 0 bridgehead atoms. The highest BCUT2D eigenvalue weighted by Gasteiger charge is 2.13. The van der Waals surface area contributed by atoms with E-state index >= 15 is 0 Å². The first-order valence-corrected chi connectivity index (χ1v) is 8.41. The summed E-state index contributed by atoms with van der Waals surface area (Å²) in [7, 11) is 4.72. The van der Waals surface area contributed by atoms with Crippen molar-refractivity contribution in [2.75, 3.05) is 32.0 Å². The van der Waals surface area contributed by atoms with Crippen molar-refractivity contribution in [3.8, 4) is 17.2 Å². The van der Waals surface area contributed by atoms with Crippen molar-refractivity contribution in [3.05, 3.63) is 60.3 Å². The van der Waals surface area contributed by atoms with Gasteiger partial charge in [-0.25, -0.2) is 4.98 Å². The Morgan fingerprint density at radius 3 is 2.22 bits per heavy atom. The smallest absolute Gasteiger partial charge is 0.229 e. The van der Waals surface area contributed by atoms with Crippen molar-refractivity contribution >= 4 is 17.5 Å². The first kappa shape index (κ1) is 18.3. The predicted octanol–water partition coefficient (Wildman–Crippen LogP) is 3.86. The second-order valence-corrected chi connectivity index (χ2v) is 5.64. The third-order valence-corrected chi connectivity index (χ3v) is 3.89. The van der Waals surface area contributed by atoms with E-state index < -0.39 is 0 Å². The molecule has 3 aromatic rings. The molecule has 3 rings (SSSR count). The summed E-state index contributed by atoms with van der Waals surface area (Å²) in [6.07, 6.45) is 1.70. The Kier molecular flexibility index (Phi) is 5.94.